The second-order valence-electron chi connectivity index (χ2n) is 4.07. The third kappa shape index (κ3) is 2.74. The Hall–Kier alpha value is -1.01. The lowest BCUT2D eigenvalue weighted by atomic mass is 10.0. The van der Waals surface area contributed by atoms with Crippen molar-refractivity contribution >= 4 is 5.97 Å². The zero-order chi connectivity index (χ0) is 10.1. The average molecular weight is 181 g/mol. The summed E-state index contributed by atoms with van der Waals surface area (Å²) in [5.41, 5.74) is -0.536. The smallest absolute Gasteiger partial charge is 0.321 e. The van der Waals surface area contributed by atoms with E-state index in [1.165, 1.54) is 0 Å². The summed E-state index contributed by atoms with van der Waals surface area (Å²) >= 11 is 0. The van der Waals surface area contributed by atoms with Gasteiger partial charge in [0.15, 0.2) is 0 Å². The molecule has 0 heterocycles. The molecule has 1 fully saturated rings. The van der Waals surface area contributed by atoms with Gasteiger partial charge in [0, 0.05) is 0 Å². The number of carboxylic acid groups (broad SMARTS) is 1. The van der Waals surface area contributed by atoms with Gasteiger partial charge in [-0.2, -0.15) is 0 Å². The van der Waals surface area contributed by atoms with E-state index in [-0.39, 0.29) is 5.92 Å². The van der Waals surface area contributed by atoms with Gasteiger partial charge in [0.2, 0.25) is 0 Å². The Morgan fingerprint density at radius 1 is 1.69 bits per heavy atom. The molecule has 0 spiro atoms. The van der Waals surface area contributed by atoms with E-state index >= 15 is 0 Å². The Balaban J connectivity index is 2.58. The SMILES string of the molecule is C#CC(C)(C)NC(C(=O)O)C1CC1. The van der Waals surface area contributed by atoms with Crippen LogP contribution >= 0.6 is 0 Å². The van der Waals surface area contributed by atoms with E-state index in [1.807, 2.05) is 13.8 Å². The Morgan fingerprint density at radius 2 is 2.23 bits per heavy atom. The summed E-state index contributed by atoms with van der Waals surface area (Å²) in [5, 5.41) is 11.9. The second kappa shape index (κ2) is 3.39. The fourth-order valence-electron chi connectivity index (χ4n) is 1.24. The van der Waals surface area contributed by atoms with Crippen LogP contribution in [0.2, 0.25) is 0 Å². The molecule has 0 aromatic carbocycles. The molecule has 13 heavy (non-hydrogen) atoms. The molecule has 1 rings (SSSR count). The van der Waals surface area contributed by atoms with E-state index in [0.29, 0.717) is 0 Å². The molecule has 1 unspecified atom stereocenters. The number of hydrogen-bond donors (Lipinski definition) is 2. The minimum Gasteiger partial charge on any atom is -0.480 e. The summed E-state index contributed by atoms with van der Waals surface area (Å²) in [7, 11) is 0. The minimum absolute atomic E-state index is 0.269. The Morgan fingerprint density at radius 3 is 2.54 bits per heavy atom. The number of rotatable bonds is 4. The van der Waals surface area contributed by atoms with E-state index in [2.05, 4.69) is 11.2 Å². The number of carbonyl (C=O) groups is 1. The summed E-state index contributed by atoms with van der Waals surface area (Å²) in [6.07, 6.45) is 7.25. The molecule has 0 aromatic rings. The summed E-state index contributed by atoms with van der Waals surface area (Å²) in [5.74, 6) is 2.00. The first-order chi connectivity index (χ1) is 5.96. The maximum atomic E-state index is 10.8. The molecule has 3 heteroatoms. The highest BCUT2D eigenvalue weighted by Gasteiger charge is 2.38. The minimum atomic E-state index is -0.800. The summed E-state index contributed by atoms with van der Waals surface area (Å²) in [6, 6.07) is -0.481. The first kappa shape index (κ1) is 10.1. The zero-order valence-corrected chi connectivity index (χ0v) is 8.00. The van der Waals surface area contributed by atoms with Crippen LogP contribution in [0.3, 0.4) is 0 Å². The van der Waals surface area contributed by atoms with Gasteiger partial charge in [-0.15, -0.1) is 6.42 Å². The van der Waals surface area contributed by atoms with Crippen LogP contribution in [0.1, 0.15) is 26.7 Å². The number of nitrogens with one attached hydrogen (secondary N) is 1. The van der Waals surface area contributed by atoms with E-state index in [1.54, 1.807) is 0 Å². The van der Waals surface area contributed by atoms with Crippen LogP contribution in [0.25, 0.3) is 0 Å². The molecular formula is C10H15NO2. The van der Waals surface area contributed by atoms with Crippen LogP contribution in [-0.4, -0.2) is 22.7 Å². The molecule has 3 nitrogen and oxygen atoms in total. The topological polar surface area (TPSA) is 49.3 Å². The number of hydrogen-bond acceptors (Lipinski definition) is 2. The van der Waals surface area contributed by atoms with Crippen molar-refractivity contribution < 1.29 is 9.90 Å². The van der Waals surface area contributed by atoms with Crippen molar-refractivity contribution in [1.82, 2.24) is 5.32 Å². The maximum absolute atomic E-state index is 10.8. The lowest BCUT2D eigenvalue weighted by molar-refractivity contribution is -0.140. The molecule has 0 radical (unpaired) electrons. The molecule has 72 valence electrons. The van der Waals surface area contributed by atoms with Crippen LogP contribution < -0.4 is 5.32 Å². The molecule has 2 N–H and O–H groups in total. The van der Waals surface area contributed by atoms with Gasteiger partial charge in [-0.1, -0.05) is 5.92 Å². The van der Waals surface area contributed by atoms with Crippen molar-refractivity contribution in [2.75, 3.05) is 0 Å². The molecule has 0 aromatic heterocycles. The van der Waals surface area contributed by atoms with E-state index < -0.39 is 17.6 Å². The number of terminal acetylenes is 1. The van der Waals surface area contributed by atoms with Gasteiger partial charge in [0.1, 0.15) is 6.04 Å². The standard InChI is InChI=1S/C10H15NO2/c1-4-10(2,3)11-8(9(12)13)7-5-6-7/h1,7-8,11H,5-6H2,2-3H3,(H,12,13). The van der Waals surface area contributed by atoms with Gasteiger partial charge in [-0.05, 0) is 32.6 Å². The first-order valence-electron chi connectivity index (χ1n) is 4.44. The molecule has 0 bridgehead atoms. The molecule has 0 aliphatic heterocycles. The van der Waals surface area contributed by atoms with Crippen molar-refractivity contribution in [2.45, 2.75) is 38.3 Å². The third-order valence-electron chi connectivity index (χ3n) is 2.24. The van der Waals surface area contributed by atoms with Gasteiger partial charge in [0.25, 0.3) is 0 Å². The third-order valence-corrected chi connectivity index (χ3v) is 2.24. The van der Waals surface area contributed by atoms with E-state index in [9.17, 15) is 4.79 Å². The molecule has 0 saturated heterocycles. The first-order valence-corrected chi connectivity index (χ1v) is 4.44. The fourth-order valence-corrected chi connectivity index (χ4v) is 1.24. The predicted octanol–water partition coefficient (Wildman–Crippen LogP) is 0.851. The van der Waals surface area contributed by atoms with Crippen LogP contribution in [0, 0.1) is 18.3 Å². The molecule has 1 aliphatic carbocycles. The lowest BCUT2D eigenvalue weighted by Crippen LogP contribution is -2.49. The quantitative estimate of drug-likeness (QED) is 0.632. The van der Waals surface area contributed by atoms with Crippen LogP contribution in [0.4, 0.5) is 0 Å². The van der Waals surface area contributed by atoms with E-state index in [0.717, 1.165) is 12.8 Å². The molecule has 1 atom stereocenters. The van der Waals surface area contributed by atoms with Gasteiger partial charge < -0.3 is 5.11 Å². The highest BCUT2D eigenvalue weighted by molar-refractivity contribution is 5.74. The van der Waals surface area contributed by atoms with Crippen molar-refractivity contribution in [3.8, 4) is 12.3 Å². The lowest BCUT2D eigenvalue weighted by Gasteiger charge is -2.24. The largest absolute Gasteiger partial charge is 0.480 e. The van der Waals surface area contributed by atoms with Gasteiger partial charge in [-0.25, -0.2) is 0 Å². The Bertz CT molecular complexity index is 248. The highest BCUT2D eigenvalue weighted by atomic mass is 16.4. The number of aliphatic carboxylic acids is 1. The zero-order valence-electron chi connectivity index (χ0n) is 8.00. The van der Waals surface area contributed by atoms with Gasteiger partial charge in [0.05, 0.1) is 5.54 Å². The summed E-state index contributed by atoms with van der Waals surface area (Å²) in [6.45, 7) is 3.62. The van der Waals surface area contributed by atoms with Crippen LogP contribution in [-0.2, 0) is 4.79 Å². The molecule has 1 aliphatic rings. The van der Waals surface area contributed by atoms with Crippen molar-refractivity contribution in [3.05, 3.63) is 0 Å². The van der Waals surface area contributed by atoms with Gasteiger partial charge in [-0.3, -0.25) is 10.1 Å². The van der Waals surface area contributed by atoms with Crippen LogP contribution in [0.5, 0.6) is 0 Å². The van der Waals surface area contributed by atoms with Crippen molar-refractivity contribution in [1.29, 1.82) is 0 Å². The highest BCUT2D eigenvalue weighted by Crippen LogP contribution is 2.33. The average Bonchev–Trinajstić information content (AvgIpc) is 2.82. The molecule has 0 amide bonds. The van der Waals surface area contributed by atoms with E-state index in [4.69, 9.17) is 11.5 Å². The van der Waals surface area contributed by atoms with Crippen LogP contribution in [0.15, 0.2) is 0 Å². The summed E-state index contributed by atoms with van der Waals surface area (Å²) < 4.78 is 0. The Labute approximate surface area is 78.5 Å². The fraction of sp³-hybridized carbons (Fsp3) is 0.700. The normalized spacial score (nSPS) is 19.2. The van der Waals surface area contributed by atoms with Crippen molar-refractivity contribution in [3.63, 3.8) is 0 Å². The Kier molecular flexibility index (Phi) is 2.63. The van der Waals surface area contributed by atoms with Crippen molar-refractivity contribution in [2.24, 2.45) is 5.92 Å². The maximum Gasteiger partial charge on any atom is 0.321 e. The summed E-state index contributed by atoms with van der Waals surface area (Å²) in [4.78, 5) is 10.8. The molecule has 1 saturated carbocycles. The molecular weight excluding hydrogens is 166 g/mol. The number of carboxylic acids is 1. The second-order valence-corrected chi connectivity index (χ2v) is 4.07. The predicted molar refractivity (Wildman–Crippen MR) is 50.2 cm³/mol. The monoisotopic (exact) mass is 181 g/mol. The van der Waals surface area contributed by atoms with Gasteiger partial charge >= 0.3 is 5.97 Å².